The van der Waals surface area contributed by atoms with E-state index in [0.717, 1.165) is 35.5 Å². The van der Waals surface area contributed by atoms with Gasteiger partial charge in [-0.2, -0.15) is 10.1 Å². The third-order valence-electron chi connectivity index (χ3n) is 4.96. The molecule has 0 aliphatic heterocycles. The number of hydrogen-bond acceptors (Lipinski definition) is 5. The molecule has 0 aromatic carbocycles. The van der Waals surface area contributed by atoms with Crippen LogP contribution in [0.15, 0.2) is 10.9 Å². The molecule has 2 heterocycles. The van der Waals surface area contributed by atoms with Crippen LogP contribution in [0.3, 0.4) is 0 Å². The minimum absolute atomic E-state index is 0.170. The molecule has 8 nitrogen and oxygen atoms in total. The van der Waals surface area contributed by atoms with Crippen molar-refractivity contribution in [1.29, 1.82) is 0 Å². The molecule has 8 heteroatoms. The fourth-order valence-electron chi connectivity index (χ4n) is 3.72. The van der Waals surface area contributed by atoms with Gasteiger partial charge < -0.3 is 10.4 Å². The number of carboxylic acids is 1. The fourth-order valence-corrected chi connectivity index (χ4v) is 3.72. The number of hydrogen-bond donors (Lipinski definition) is 2. The molecule has 140 valence electrons. The van der Waals surface area contributed by atoms with Crippen LogP contribution in [0.5, 0.6) is 0 Å². The molecule has 2 aromatic rings. The zero-order valence-electron chi connectivity index (χ0n) is 15.4. The van der Waals surface area contributed by atoms with E-state index in [-0.39, 0.29) is 17.4 Å². The Labute approximate surface area is 151 Å². The summed E-state index contributed by atoms with van der Waals surface area (Å²) >= 11 is 0. The van der Waals surface area contributed by atoms with Gasteiger partial charge >= 0.3 is 11.7 Å². The standard InChI is InChI=1S/C18H25N5O3/c1-4-23-15-6-5-13(10-14(15)16(21-23)17(24)25)19-7-8-22-12(3)9-11(2)20-18(22)26/h9,13,19H,4-8,10H2,1-3H3,(H,24,25). The predicted molar refractivity (Wildman–Crippen MR) is 96.6 cm³/mol. The molecule has 1 unspecified atom stereocenters. The lowest BCUT2D eigenvalue weighted by Crippen LogP contribution is -2.38. The normalized spacial score (nSPS) is 16.5. The van der Waals surface area contributed by atoms with Gasteiger partial charge in [-0.05, 0) is 46.1 Å². The van der Waals surface area contributed by atoms with E-state index in [1.807, 2.05) is 26.8 Å². The van der Waals surface area contributed by atoms with E-state index in [1.54, 1.807) is 9.25 Å². The highest BCUT2D eigenvalue weighted by Gasteiger charge is 2.28. The predicted octanol–water partition coefficient (Wildman–Crippen LogP) is 0.922. The maximum absolute atomic E-state index is 12.0. The third-order valence-corrected chi connectivity index (χ3v) is 4.96. The zero-order chi connectivity index (χ0) is 18.8. The number of aromatic carboxylic acids is 1. The summed E-state index contributed by atoms with van der Waals surface area (Å²) < 4.78 is 3.46. The molecule has 2 N–H and O–H groups in total. The Morgan fingerprint density at radius 1 is 1.42 bits per heavy atom. The van der Waals surface area contributed by atoms with Crippen LogP contribution < -0.4 is 11.0 Å². The largest absolute Gasteiger partial charge is 0.476 e. The van der Waals surface area contributed by atoms with Gasteiger partial charge in [-0.15, -0.1) is 0 Å². The van der Waals surface area contributed by atoms with Crippen LogP contribution in [0, 0.1) is 13.8 Å². The highest BCUT2D eigenvalue weighted by molar-refractivity contribution is 5.87. The monoisotopic (exact) mass is 359 g/mol. The molecule has 2 aromatic heterocycles. The quantitative estimate of drug-likeness (QED) is 0.795. The van der Waals surface area contributed by atoms with Crippen molar-refractivity contribution in [3.63, 3.8) is 0 Å². The van der Waals surface area contributed by atoms with Crippen LogP contribution in [-0.2, 0) is 25.9 Å². The van der Waals surface area contributed by atoms with Crippen molar-refractivity contribution >= 4 is 5.97 Å². The summed E-state index contributed by atoms with van der Waals surface area (Å²) in [7, 11) is 0. The van der Waals surface area contributed by atoms with Crippen molar-refractivity contribution in [3.8, 4) is 0 Å². The van der Waals surface area contributed by atoms with E-state index in [1.165, 1.54) is 0 Å². The molecule has 0 bridgehead atoms. The zero-order valence-corrected chi connectivity index (χ0v) is 15.4. The first-order valence-electron chi connectivity index (χ1n) is 9.01. The Morgan fingerprint density at radius 2 is 2.19 bits per heavy atom. The number of carbonyl (C=O) groups is 1. The first-order chi connectivity index (χ1) is 12.4. The lowest BCUT2D eigenvalue weighted by molar-refractivity contribution is 0.0688. The number of nitrogens with zero attached hydrogens (tertiary/aromatic N) is 4. The number of carboxylic acid groups (broad SMARTS) is 1. The van der Waals surface area contributed by atoms with Gasteiger partial charge in [-0.25, -0.2) is 9.59 Å². The summed E-state index contributed by atoms with van der Waals surface area (Å²) in [5, 5.41) is 17.1. The van der Waals surface area contributed by atoms with Crippen LogP contribution in [0.4, 0.5) is 0 Å². The van der Waals surface area contributed by atoms with E-state index >= 15 is 0 Å². The molecular formula is C18H25N5O3. The van der Waals surface area contributed by atoms with Crippen LogP contribution in [0.2, 0.25) is 0 Å². The number of fused-ring (bicyclic) bond motifs is 1. The molecule has 1 atom stereocenters. The van der Waals surface area contributed by atoms with Crippen molar-refractivity contribution in [3.05, 3.63) is 44.9 Å². The number of aryl methyl sites for hydroxylation is 3. The van der Waals surface area contributed by atoms with E-state index in [9.17, 15) is 14.7 Å². The number of rotatable bonds is 6. The topological polar surface area (TPSA) is 102 Å². The summed E-state index contributed by atoms with van der Waals surface area (Å²) in [6.07, 6.45) is 2.39. The second kappa shape index (κ2) is 7.41. The highest BCUT2D eigenvalue weighted by atomic mass is 16.4. The summed E-state index contributed by atoms with van der Waals surface area (Å²) in [6, 6.07) is 2.08. The average molecular weight is 359 g/mol. The van der Waals surface area contributed by atoms with Crippen molar-refractivity contribution < 1.29 is 9.90 Å². The Hall–Kier alpha value is -2.48. The van der Waals surface area contributed by atoms with Crippen molar-refractivity contribution in [2.24, 2.45) is 0 Å². The molecule has 0 amide bonds. The van der Waals surface area contributed by atoms with Gasteiger partial charge in [-0.1, -0.05) is 0 Å². The first kappa shape index (κ1) is 18.3. The van der Waals surface area contributed by atoms with Gasteiger partial charge in [0.2, 0.25) is 0 Å². The summed E-state index contributed by atoms with van der Waals surface area (Å²) in [5.41, 5.74) is 3.44. The summed E-state index contributed by atoms with van der Waals surface area (Å²) in [5.74, 6) is -0.970. The lowest BCUT2D eigenvalue weighted by atomic mass is 9.91. The van der Waals surface area contributed by atoms with Gasteiger partial charge in [0.05, 0.1) is 0 Å². The third kappa shape index (κ3) is 3.55. The van der Waals surface area contributed by atoms with Crippen molar-refractivity contribution in [2.45, 2.75) is 59.2 Å². The minimum Gasteiger partial charge on any atom is -0.476 e. The second-order valence-corrected chi connectivity index (χ2v) is 6.76. The van der Waals surface area contributed by atoms with Crippen LogP contribution in [0.25, 0.3) is 0 Å². The molecule has 26 heavy (non-hydrogen) atoms. The molecule has 1 aliphatic rings. The van der Waals surface area contributed by atoms with E-state index < -0.39 is 5.97 Å². The van der Waals surface area contributed by atoms with Crippen LogP contribution in [-0.4, -0.2) is 43.0 Å². The first-order valence-corrected chi connectivity index (χ1v) is 9.01. The van der Waals surface area contributed by atoms with Crippen molar-refractivity contribution in [2.75, 3.05) is 6.54 Å². The minimum atomic E-state index is -0.970. The molecular weight excluding hydrogens is 334 g/mol. The number of nitrogens with one attached hydrogen (secondary N) is 1. The molecule has 0 fully saturated rings. The SMILES string of the molecule is CCn1nc(C(=O)O)c2c1CCC(NCCn1c(C)cc(C)nc1=O)C2. The van der Waals surface area contributed by atoms with Crippen LogP contribution >= 0.6 is 0 Å². The van der Waals surface area contributed by atoms with Gasteiger partial charge in [0.15, 0.2) is 5.69 Å². The number of aromatic nitrogens is 4. The Bertz CT molecular complexity index is 884. The van der Waals surface area contributed by atoms with E-state index in [4.69, 9.17) is 0 Å². The Balaban J connectivity index is 1.66. The van der Waals surface area contributed by atoms with Gasteiger partial charge in [-0.3, -0.25) is 9.25 Å². The van der Waals surface area contributed by atoms with Crippen molar-refractivity contribution in [1.82, 2.24) is 24.6 Å². The molecule has 0 saturated carbocycles. The van der Waals surface area contributed by atoms with E-state index in [2.05, 4.69) is 15.4 Å². The average Bonchev–Trinajstić information content (AvgIpc) is 2.95. The molecule has 1 aliphatic carbocycles. The fraction of sp³-hybridized carbons (Fsp3) is 0.556. The molecule has 0 radical (unpaired) electrons. The summed E-state index contributed by atoms with van der Waals surface area (Å²) in [4.78, 5) is 27.5. The van der Waals surface area contributed by atoms with Crippen LogP contribution in [0.1, 0.15) is 46.5 Å². The molecule has 3 rings (SSSR count). The van der Waals surface area contributed by atoms with Gasteiger partial charge in [0.25, 0.3) is 0 Å². The molecule has 0 spiro atoms. The second-order valence-electron chi connectivity index (χ2n) is 6.76. The van der Waals surface area contributed by atoms with E-state index in [0.29, 0.717) is 26.1 Å². The van der Waals surface area contributed by atoms with Gasteiger partial charge in [0.1, 0.15) is 0 Å². The maximum atomic E-state index is 12.0. The highest BCUT2D eigenvalue weighted by Crippen LogP contribution is 2.25. The smallest absolute Gasteiger partial charge is 0.356 e. The summed E-state index contributed by atoms with van der Waals surface area (Å²) in [6.45, 7) is 7.54. The lowest BCUT2D eigenvalue weighted by Gasteiger charge is -2.24. The maximum Gasteiger partial charge on any atom is 0.356 e. The Kier molecular flexibility index (Phi) is 5.22. The molecule has 0 saturated heterocycles. The Morgan fingerprint density at radius 3 is 2.85 bits per heavy atom. The van der Waals surface area contributed by atoms with Gasteiger partial charge in [0, 0.05) is 48.3 Å².